The van der Waals surface area contributed by atoms with E-state index in [2.05, 4.69) is 5.10 Å². The maximum Gasteiger partial charge on any atom is 0.306 e. The summed E-state index contributed by atoms with van der Waals surface area (Å²) in [5.41, 5.74) is 2.76. The summed E-state index contributed by atoms with van der Waals surface area (Å²) in [6, 6.07) is 5.77. The Morgan fingerprint density at radius 2 is 2.05 bits per heavy atom. The van der Waals surface area contributed by atoms with Crippen molar-refractivity contribution in [2.45, 2.75) is 33.1 Å². The van der Waals surface area contributed by atoms with E-state index in [0.29, 0.717) is 0 Å². The number of nitrogens with zero attached hydrogens (tertiary/aromatic N) is 2. The van der Waals surface area contributed by atoms with Crippen molar-refractivity contribution >= 4 is 23.3 Å². The van der Waals surface area contributed by atoms with Gasteiger partial charge in [0, 0.05) is 18.2 Å². The zero-order valence-corrected chi connectivity index (χ0v) is 13.0. The molecule has 0 fully saturated rings. The van der Waals surface area contributed by atoms with Crippen molar-refractivity contribution < 1.29 is 14.7 Å². The fourth-order valence-electron chi connectivity index (χ4n) is 2.27. The van der Waals surface area contributed by atoms with E-state index in [1.165, 1.54) is 13.0 Å². The number of carbonyl (C=O) groups excluding carboxylic acids is 1. The van der Waals surface area contributed by atoms with Crippen LogP contribution in [0.1, 0.15) is 44.4 Å². The molecule has 22 heavy (non-hydrogen) atoms. The summed E-state index contributed by atoms with van der Waals surface area (Å²) in [4.78, 5) is 22.7. The molecular formula is C17H20N2O3. The fourth-order valence-corrected chi connectivity index (χ4v) is 2.27. The molecule has 0 amide bonds. The number of pyridine rings is 1. The monoisotopic (exact) mass is 300 g/mol. The lowest BCUT2D eigenvalue weighted by Crippen LogP contribution is -2.13. The second-order valence-electron chi connectivity index (χ2n) is 5.73. The van der Waals surface area contributed by atoms with Crippen LogP contribution in [-0.2, 0) is 9.59 Å². The summed E-state index contributed by atoms with van der Waals surface area (Å²) in [6.45, 7) is 5.63. The van der Waals surface area contributed by atoms with E-state index in [4.69, 9.17) is 5.11 Å². The highest BCUT2D eigenvalue weighted by atomic mass is 16.4. The van der Waals surface area contributed by atoms with Crippen LogP contribution in [0.4, 0.5) is 0 Å². The molecule has 0 saturated carbocycles. The minimum absolute atomic E-state index is 0.00204. The molecule has 2 aromatic rings. The third-order valence-corrected chi connectivity index (χ3v) is 3.52. The summed E-state index contributed by atoms with van der Waals surface area (Å²) in [5.74, 6) is -1.60. The quantitative estimate of drug-likeness (QED) is 0.832. The molecule has 0 bridgehead atoms. The van der Waals surface area contributed by atoms with Crippen molar-refractivity contribution in [3.8, 4) is 0 Å². The number of allylic oxidation sites excluding steroid dienone is 1. The van der Waals surface area contributed by atoms with Crippen LogP contribution in [0, 0.1) is 5.92 Å². The van der Waals surface area contributed by atoms with Gasteiger partial charge in [0.15, 0.2) is 5.78 Å². The van der Waals surface area contributed by atoms with E-state index in [1.807, 2.05) is 38.2 Å². The molecule has 1 N–H and O–H groups in total. The number of aliphatic carboxylic acids is 1. The average Bonchev–Trinajstić information content (AvgIpc) is 2.84. The lowest BCUT2D eigenvalue weighted by Gasteiger charge is -2.03. The molecule has 0 aliphatic carbocycles. The molecule has 2 rings (SSSR count). The maximum atomic E-state index is 11.9. The molecule has 116 valence electrons. The van der Waals surface area contributed by atoms with Crippen molar-refractivity contribution in [1.29, 1.82) is 0 Å². The van der Waals surface area contributed by atoms with Gasteiger partial charge in [0.1, 0.15) is 0 Å². The molecule has 0 spiro atoms. The number of fused-ring (bicyclic) bond motifs is 1. The summed E-state index contributed by atoms with van der Waals surface area (Å²) >= 11 is 0. The van der Waals surface area contributed by atoms with E-state index >= 15 is 0 Å². The number of aromatic nitrogens is 2. The third kappa shape index (κ3) is 3.42. The average molecular weight is 300 g/mol. The minimum Gasteiger partial charge on any atom is -0.481 e. The Labute approximate surface area is 129 Å². The van der Waals surface area contributed by atoms with Gasteiger partial charge in [0.05, 0.1) is 17.1 Å². The highest BCUT2D eigenvalue weighted by molar-refractivity contribution is 5.96. The third-order valence-electron chi connectivity index (χ3n) is 3.52. The molecule has 5 nitrogen and oxygen atoms in total. The van der Waals surface area contributed by atoms with Crippen LogP contribution in [0.15, 0.2) is 30.5 Å². The van der Waals surface area contributed by atoms with Crippen molar-refractivity contribution in [2.75, 3.05) is 0 Å². The van der Waals surface area contributed by atoms with Crippen molar-refractivity contribution in [3.63, 3.8) is 0 Å². The second kappa shape index (κ2) is 6.56. The van der Waals surface area contributed by atoms with Crippen LogP contribution in [0.3, 0.4) is 0 Å². The van der Waals surface area contributed by atoms with Crippen LogP contribution in [-0.4, -0.2) is 26.5 Å². The Balaban J connectivity index is 2.30. The van der Waals surface area contributed by atoms with Crippen LogP contribution in [0.5, 0.6) is 0 Å². The molecule has 0 aliphatic rings. The van der Waals surface area contributed by atoms with Gasteiger partial charge in [-0.1, -0.05) is 26.8 Å². The van der Waals surface area contributed by atoms with E-state index < -0.39 is 11.9 Å². The standard InChI is InChI=1S/C17H20N2O3/c1-11(2)16-14(15-6-4-5-9-19(15)18-16)8-7-13(20)10-12(3)17(21)22/h4-9,11-12H,10H2,1-3H3,(H,21,22)/b8-7+. The Kier molecular flexibility index (Phi) is 4.75. The van der Waals surface area contributed by atoms with Gasteiger partial charge in [0.2, 0.25) is 0 Å². The Bertz CT molecular complexity index is 729. The lowest BCUT2D eigenvalue weighted by molar-refractivity contribution is -0.142. The zero-order valence-electron chi connectivity index (χ0n) is 13.0. The molecule has 5 heteroatoms. The molecule has 2 aromatic heterocycles. The van der Waals surface area contributed by atoms with Crippen LogP contribution >= 0.6 is 0 Å². The van der Waals surface area contributed by atoms with E-state index in [1.54, 1.807) is 10.6 Å². The van der Waals surface area contributed by atoms with Crippen molar-refractivity contribution in [2.24, 2.45) is 5.92 Å². The van der Waals surface area contributed by atoms with Gasteiger partial charge in [-0.2, -0.15) is 5.10 Å². The summed E-state index contributed by atoms with van der Waals surface area (Å²) < 4.78 is 1.79. The SMILES string of the molecule is CC(CC(=O)/C=C/c1c(C(C)C)nn2ccccc12)C(=O)O. The fraction of sp³-hybridized carbons (Fsp3) is 0.353. The number of carbonyl (C=O) groups is 2. The largest absolute Gasteiger partial charge is 0.481 e. The van der Waals surface area contributed by atoms with Crippen LogP contribution in [0.25, 0.3) is 11.6 Å². The first-order valence-corrected chi connectivity index (χ1v) is 7.31. The molecule has 2 heterocycles. The zero-order chi connectivity index (χ0) is 16.3. The first kappa shape index (κ1) is 15.9. The van der Waals surface area contributed by atoms with Gasteiger partial charge < -0.3 is 5.11 Å². The second-order valence-corrected chi connectivity index (χ2v) is 5.73. The van der Waals surface area contributed by atoms with Gasteiger partial charge in [0.25, 0.3) is 0 Å². The number of ketones is 1. The van der Waals surface area contributed by atoms with Crippen LogP contribution < -0.4 is 0 Å². The maximum absolute atomic E-state index is 11.9. The predicted molar refractivity (Wildman–Crippen MR) is 84.7 cm³/mol. The molecule has 1 atom stereocenters. The highest BCUT2D eigenvalue weighted by Crippen LogP contribution is 2.24. The van der Waals surface area contributed by atoms with Crippen molar-refractivity contribution in [3.05, 3.63) is 41.7 Å². The number of carboxylic acid groups (broad SMARTS) is 1. The number of carboxylic acids is 1. The van der Waals surface area contributed by atoms with E-state index in [-0.39, 0.29) is 18.1 Å². The molecule has 0 radical (unpaired) electrons. The Hall–Kier alpha value is -2.43. The smallest absolute Gasteiger partial charge is 0.306 e. The van der Waals surface area contributed by atoms with E-state index in [0.717, 1.165) is 16.8 Å². The number of rotatable bonds is 6. The van der Waals surface area contributed by atoms with Gasteiger partial charge in [-0.25, -0.2) is 4.52 Å². The summed E-state index contributed by atoms with van der Waals surface area (Å²) in [6.07, 6.45) is 5.07. The molecule has 0 saturated heterocycles. The molecular weight excluding hydrogens is 280 g/mol. The molecule has 0 aliphatic heterocycles. The Morgan fingerprint density at radius 3 is 2.68 bits per heavy atom. The normalized spacial score (nSPS) is 13.1. The van der Waals surface area contributed by atoms with Gasteiger partial charge >= 0.3 is 5.97 Å². The summed E-state index contributed by atoms with van der Waals surface area (Å²) in [7, 11) is 0. The molecule has 0 aromatic carbocycles. The Morgan fingerprint density at radius 1 is 1.32 bits per heavy atom. The topological polar surface area (TPSA) is 71.7 Å². The minimum atomic E-state index is -0.958. The number of hydrogen-bond acceptors (Lipinski definition) is 3. The lowest BCUT2D eigenvalue weighted by atomic mass is 10.0. The first-order chi connectivity index (χ1) is 10.4. The first-order valence-electron chi connectivity index (χ1n) is 7.31. The van der Waals surface area contributed by atoms with Crippen molar-refractivity contribution in [1.82, 2.24) is 9.61 Å². The summed E-state index contributed by atoms with van der Waals surface area (Å²) in [5, 5.41) is 13.4. The van der Waals surface area contributed by atoms with Gasteiger partial charge in [-0.3, -0.25) is 9.59 Å². The molecule has 1 unspecified atom stereocenters. The van der Waals surface area contributed by atoms with E-state index in [9.17, 15) is 9.59 Å². The number of hydrogen-bond donors (Lipinski definition) is 1. The van der Waals surface area contributed by atoms with Gasteiger partial charge in [-0.15, -0.1) is 0 Å². The highest BCUT2D eigenvalue weighted by Gasteiger charge is 2.16. The van der Waals surface area contributed by atoms with Gasteiger partial charge in [-0.05, 0) is 30.2 Å². The van der Waals surface area contributed by atoms with Crippen LogP contribution in [0.2, 0.25) is 0 Å². The predicted octanol–water partition coefficient (Wildman–Crippen LogP) is 3.15.